The fourth-order valence-corrected chi connectivity index (χ4v) is 3.09. The molecule has 1 N–H and O–H groups in total. The van der Waals surface area contributed by atoms with Gasteiger partial charge in [0.2, 0.25) is 0 Å². The number of nitrogens with zero attached hydrogens (tertiary/aromatic N) is 3. The van der Waals surface area contributed by atoms with Crippen LogP contribution in [0.1, 0.15) is 11.1 Å². The minimum atomic E-state index is 0.608. The van der Waals surface area contributed by atoms with Crippen molar-refractivity contribution in [1.82, 2.24) is 9.97 Å². The molecule has 0 spiro atoms. The molecule has 1 heterocycles. The summed E-state index contributed by atoms with van der Waals surface area (Å²) < 4.78 is 0. The number of imidazole rings is 1. The summed E-state index contributed by atoms with van der Waals surface area (Å²) in [5.74, 6) is 0.771. The number of hydrogen-bond acceptors (Lipinski definition) is 2. The normalized spacial score (nSPS) is 10.4. The minimum absolute atomic E-state index is 0.608. The maximum atomic E-state index is 9.04. The summed E-state index contributed by atoms with van der Waals surface area (Å²) in [6.07, 6.45) is 0. The highest BCUT2D eigenvalue weighted by Gasteiger charge is 2.09. The number of H-pyrrole nitrogens is 1. The third-order valence-electron chi connectivity index (χ3n) is 4.40. The number of aryl methyl sites for hydroxylation is 1. The molecule has 0 radical (unpaired) electrons. The standard InChI is InChI=1S/C22H14N4/c1-14-10-18(24-2)7-8-19(14)16-4-3-5-17(12-16)22-25-20-9-6-15(13-23)11-21(20)26-22/h3-12H,1H3,(H,25,26). The zero-order valence-corrected chi connectivity index (χ0v) is 14.1. The molecule has 0 saturated heterocycles. The van der Waals surface area contributed by atoms with Gasteiger partial charge >= 0.3 is 0 Å². The lowest BCUT2D eigenvalue weighted by Gasteiger charge is -2.08. The van der Waals surface area contributed by atoms with E-state index in [1.165, 1.54) is 0 Å². The first-order valence-electron chi connectivity index (χ1n) is 8.17. The minimum Gasteiger partial charge on any atom is -0.338 e. The Morgan fingerprint density at radius 3 is 2.65 bits per heavy atom. The van der Waals surface area contributed by atoms with Gasteiger partial charge in [0.05, 0.1) is 29.2 Å². The topological polar surface area (TPSA) is 56.8 Å². The highest BCUT2D eigenvalue weighted by molar-refractivity contribution is 5.82. The smallest absolute Gasteiger partial charge is 0.187 e. The molecular weight excluding hydrogens is 320 g/mol. The summed E-state index contributed by atoms with van der Waals surface area (Å²) in [7, 11) is 0. The van der Waals surface area contributed by atoms with Crippen molar-refractivity contribution in [2.24, 2.45) is 0 Å². The second-order valence-electron chi connectivity index (χ2n) is 6.12. The molecule has 0 atom stereocenters. The maximum Gasteiger partial charge on any atom is 0.187 e. The van der Waals surface area contributed by atoms with Crippen LogP contribution < -0.4 is 0 Å². The second-order valence-corrected chi connectivity index (χ2v) is 6.12. The van der Waals surface area contributed by atoms with Crippen LogP contribution in [0.3, 0.4) is 0 Å². The lowest BCUT2D eigenvalue weighted by Crippen LogP contribution is -1.85. The van der Waals surface area contributed by atoms with Crippen LogP contribution in [0.15, 0.2) is 60.7 Å². The Labute approximate surface area is 151 Å². The van der Waals surface area contributed by atoms with Gasteiger partial charge in [-0.05, 0) is 42.3 Å². The van der Waals surface area contributed by atoms with E-state index >= 15 is 0 Å². The zero-order chi connectivity index (χ0) is 18.1. The Bertz CT molecular complexity index is 1220. The molecule has 3 aromatic carbocycles. The average molecular weight is 334 g/mol. The van der Waals surface area contributed by atoms with E-state index in [1.807, 2.05) is 49.4 Å². The molecule has 0 saturated carbocycles. The van der Waals surface area contributed by atoms with E-state index in [0.717, 1.165) is 39.1 Å². The first kappa shape index (κ1) is 15.6. The summed E-state index contributed by atoms with van der Waals surface area (Å²) >= 11 is 0. The largest absolute Gasteiger partial charge is 0.338 e. The fraction of sp³-hybridized carbons (Fsp3) is 0.0455. The van der Waals surface area contributed by atoms with E-state index in [-0.39, 0.29) is 0 Å². The summed E-state index contributed by atoms with van der Waals surface area (Å²) in [4.78, 5) is 11.4. The SMILES string of the molecule is [C-]#[N+]c1ccc(-c2cccc(-c3nc4ccc(C#N)cc4[nH]3)c2)c(C)c1. The number of benzene rings is 3. The number of nitriles is 1. The molecule has 4 heteroatoms. The number of aromatic amines is 1. The molecule has 4 aromatic rings. The molecular formula is C22H14N4. The van der Waals surface area contributed by atoms with Crippen LogP contribution in [-0.2, 0) is 0 Å². The Morgan fingerprint density at radius 1 is 1.04 bits per heavy atom. The summed E-state index contributed by atoms with van der Waals surface area (Å²) in [6.45, 7) is 9.15. The highest BCUT2D eigenvalue weighted by atomic mass is 14.9. The lowest BCUT2D eigenvalue weighted by molar-refractivity contribution is 1.33. The van der Waals surface area contributed by atoms with Crippen LogP contribution in [0.2, 0.25) is 0 Å². The maximum absolute atomic E-state index is 9.04. The Morgan fingerprint density at radius 2 is 1.88 bits per heavy atom. The summed E-state index contributed by atoms with van der Waals surface area (Å²) in [6, 6.07) is 21.5. The van der Waals surface area contributed by atoms with Crippen molar-refractivity contribution in [1.29, 1.82) is 5.26 Å². The monoisotopic (exact) mass is 334 g/mol. The van der Waals surface area contributed by atoms with Gasteiger partial charge in [-0.2, -0.15) is 5.26 Å². The molecule has 0 aliphatic carbocycles. The lowest BCUT2D eigenvalue weighted by atomic mass is 9.98. The molecule has 0 unspecified atom stereocenters. The number of rotatable bonds is 2. The number of nitrogens with one attached hydrogen (secondary N) is 1. The van der Waals surface area contributed by atoms with Crippen LogP contribution in [0.5, 0.6) is 0 Å². The average Bonchev–Trinajstić information content (AvgIpc) is 3.11. The molecule has 0 amide bonds. The molecule has 0 fully saturated rings. The van der Waals surface area contributed by atoms with E-state index in [0.29, 0.717) is 11.3 Å². The van der Waals surface area contributed by atoms with E-state index in [1.54, 1.807) is 6.07 Å². The highest BCUT2D eigenvalue weighted by Crippen LogP contribution is 2.30. The molecule has 0 aliphatic rings. The van der Waals surface area contributed by atoms with Crippen molar-refractivity contribution < 1.29 is 0 Å². The van der Waals surface area contributed by atoms with Crippen molar-refractivity contribution in [2.75, 3.05) is 0 Å². The Hall–Kier alpha value is -3.89. The molecule has 4 nitrogen and oxygen atoms in total. The number of hydrogen-bond donors (Lipinski definition) is 1. The first-order valence-corrected chi connectivity index (χ1v) is 8.17. The molecule has 0 bridgehead atoms. The van der Waals surface area contributed by atoms with E-state index in [2.05, 4.69) is 33.0 Å². The Balaban J connectivity index is 1.79. The molecule has 26 heavy (non-hydrogen) atoms. The van der Waals surface area contributed by atoms with E-state index in [9.17, 15) is 0 Å². The van der Waals surface area contributed by atoms with Crippen molar-refractivity contribution in [3.63, 3.8) is 0 Å². The van der Waals surface area contributed by atoms with Crippen molar-refractivity contribution in [3.05, 3.63) is 83.2 Å². The number of fused-ring (bicyclic) bond motifs is 1. The summed E-state index contributed by atoms with van der Waals surface area (Å²) in [5, 5.41) is 9.04. The van der Waals surface area contributed by atoms with Crippen LogP contribution in [0, 0.1) is 24.8 Å². The Kier molecular flexibility index (Phi) is 3.73. The molecule has 1 aromatic heterocycles. The first-order chi connectivity index (χ1) is 12.7. The van der Waals surface area contributed by atoms with Crippen LogP contribution in [-0.4, -0.2) is 9.97 Å². The van der Waals surface area contributed by atoms with Crippen LogP contribution in [0.4, 0.5) is 5.69 Å². The third kappa shape index (κ3) is 2.70. The fourth-order valence-electron chi connectivity index (χ4n) is 3.09. The van der Waals surface area contributed by atoms with Crippen molar-refractivity contribution in [3.8, 4) is 28.6 Å². The van der Waals surface area contributed by atoms with Crippen LogP contribution >= 0.6 is 0 Å². The van der Waals surface area contributed by atoms with Gasteiger partial charge in [-0.3, -0.25) is 0 Å². The van der Waals surface area contributed by atoms with Gasteiger partial charge in [0.25, 0.3) is 0 Å². The van der Waals surface area contributed by atoms with Gasteiger partial charge in [-0.15, -0.1) is 0 Å². The van der Waals surface area contributed by atoms with Gasteiger partial charge in [0.15, 0.2) is 5.69 Å². The van der Waals surface area contributed by atoms with Gasteiger partial charge < -0.3 is 4.98 Å². The molecule has 0 aliphatic heterocycles. The quantitative estimate of drug-likeness (QED) is 0.483. The van der Waals surface area contributed by atoms with Gasteiger partial charge in [0.1, 0.15) is 5.82 Å². The van der Waals surface area contributed by atoms with Gasteiger partial charge in [-0.25, -0.2) is 9.83 Å². The van der Waals surface area contributed by atoms with E-state index < -0.39 is 0 Å². The molecule has 4 rings (SSSR count). The zero-order valence-electron chi connectivity index (χ0n) is 14.1. The third-order valence-corrected chi connectivity index (χ3v) is 4.40. The van der Waals surface area contributed by atoms with Gasteiger partial charge in [0, 0.05) is 5.56 Å². The van der Waals surface area contributed by atoms with Crippen molar-refractivity contribution in [2.45, 2.75) is 6.92 Å². The molecule has 122 valence electrons. The predicted octanol–water partition coefficient (Wildman–Crippen LogP) is 5.63. The number of aromatic nitrogens is 2. The summed E-state index contributed by atoms with van der Waals surface area (Å²) in [5.41, 5.74) is 7.16. The van der Waals surface area contributed by atoms with Gasteiger partial charge in [-0.1, -0.05) is 42.0 Å². The predicted molar refractivity (Wildman–Crippen MR) is 103 cm³/mol. The second kappa shape index (κ2) is 6.20. The van der Waals surface area contributed by atoms with E-state index in [4.69, 9.17) is 11.8 Å². The van der Waals surface area contributed by atoms with Crippen molar-refractivity contribution >= 4 is 16.7 Å². The van der Waals surface area contributed by atoms with Crippen LogP contribution in [0.25, 0.3) is 38.4 Å².